The molecule has 1 aromatic carbocycles. The minimum absolute atomic E-state index is 0.175. The van der Waals surface area contributed by atoms with Crippen LogP contribution >= 0.6 is 0 Å². The van der Waals surface area contributed by atoms with Gasteiger partial charge >= 0.3 is 5.97 Å². The Bertz CT molecular complexity index is 349. The molecule has 0 aliphatic carbocycles. The maximum absolute atomic E-state index is 10.8. The van der Waals surface area contributed by atoms with Crippen molar-refractivity contribution in [2.45, 2.75) is 19.3 Å². The van der Waals surface area contributed by atoms with Gasteiger partial charge in [-0.3, -0.25) is 4.79 Å². The summed E-state index contributed by atoms with van der Waals surface area (Å²) in [6, 6.07) is 7.45. The maximum atomic E-state index is 10.8. The number of benzene rings is 1. The molecule has 94 valence electrons. The standard InChI is InChI=1S/C13H18O4/c1-15-11-6-5-7-12(10-11)17-9-4-3-8-13(14)16-2/h5-7,10H,3-4,8-9H2,1-2H3. The minimum atomic E-state index is -0.175. The highest BCUT2D eigenvalue weighted by Crippen LogP contribution is 2.19. The summed E-state index contributed by atoms with van der Waals surface area (Å²) in [5, 5.41) is 0. The average molecular weight is 238 g/mol. The third kappa shape index (κ3) is 5.24. The highest BCUT2D eigenvalue weighted by molar-refractivity contribution is 5.68. The van der Waals surface area contributed by atoms with E-state index in [4.69, 9.17) is 9.47 Å². The predicted octanol–water partition coefficient (Wildman–Crippen LogP) is 2.42. The molecule has 17 heavy (non-hydrogen) atoms. The van der Waals surface area contributed by atoms with Crippen LogP contribution in [-0.2, 0) is 9.53 Å². The molecule has 0 unspecified atom stereocenters. The van der Waals surface area contributed by atoms with E-state index in [1.165, 1.54) is 7.11 Å². The SMILES string of the molecule is COC(=O)CCCCOc1cccc(OC)c1. The van der Waals surface area contributed by atoms with E-state index in [1.807, 2.05) is 24.3 Å². The lowest BCUT2D eigenvalue weighted by molar-refractivity contribution is -0.140. The van der Waals surface area contributed by atoms with Crippen LogP contribution in [0.3, 0.4) is 0 Å². The van der Waals surface area contributed by atoms with Crippen molar-refractivity contribution in [1.82, 2.24) is 0 Å². The first-order chi connectivity index (χ1) is 8.26. The molecule has 0 amide bonds. The van der Waals surface area contributed by atoms with E-state index >= 15 is 0 Å². The van der Waals surface area contributed by atoms with Gasteiger partial charge in [0.25, 0.3) is 0 Å². The normalized spacial score (nSPS) is 9.76. The highest BCUT2D eigenvalue weighted by Gasteiger charge is 2.00. The Kier molecular flexibility index (Phi) is 5.93. The summed E-state index contributed by atoms with van der Waals surface area (Å²) in [5.74, 6) is 1.38. The number of rotatable bonds is 7. The van der Waals surface area contributed by atoms with Crippen LogP contribution in [0.25, 0.3) is 0 Å². The van der Waals surface area contributed by atoms with Gasteiger partial charge in [0.2, 0.25) is 0 Å². The maximum Gasteiger partial charge on any atom is 0.305 e. The van der Waals surface area contributed by atoms with Crippen molar-refractivity contribution in [3.05, 3.63) is 24.3 Å². The molecular formula is C13H18O4. The van der Waals surface area contributed by atoms with Crippen LogP contribution in [-0.4, -0.2) is 26.8 Å². The average Bonchev–Trinajstić information content (AvgIpc) is 2.38. The molecule has 0 aromatic heterocycles. The zero-order valence-corrected chi connectivity index (χ0v) is 10.3. The van der Waals surface area contributed by atoms with Gasteiger partial charge in [-0.1, -0.05) is 6.07 Å². The van der Waals surface area contributed by atoms with Crippen molar-refractivity contribution < 1.29 is 19.0 Å². The zero-order chi connectivity index (χ0) is 12.5. The molecule has 0 N–H and O–H groups in total. The van der Waals surface area contributed by atoms with Crippen molar-refractivity contribution in [3.63, 3.8) is 0 Å². The number of ether oxygens (including phenoxy) is 3. The highest BCUT2D eigenvalue weighted by atomic mass is 16.5. The fourth-order valence-corrected chi connectivity index (χ4v) is 1.35. The number of hydrogen-bond acceptors (Lipinski definition) is 4. The molecule has 1 rings (SSSR count). The Morgan fingerprint density at radius 1 is 1.18 bits per heavy atom. The van der Waals surface area contributed by atoms with Crippen LogP contribution < -0.4 is 9.47 Å². The molecule has 0 spiro atoms. The van der Waals surface area contributed by atoms with Gasteiger partial charge in [-0.2, -0.15) is 0 Å². The van der Waals surface area contributed by atoms with Crippen LogP contribution in [0.2, 0.25) is 0 Å². The number of methoxy groups -OCH3 is 2. The Balaban J connectivity index is 2.19. The number of carbonyl (C=O) groups excluding carboxylic acids is 1. The first kappa shape index (κ1) is 13.4. The summed E-state index contributed by atoms with van der Waals surface area (Å²) >= 11 is 0. The summed E-state index contributed by atoms with van der Waals surface area (Å²) < 4.78 is 15.2. The Morgan fingerprint density at radius 2 is 1.94 bits per heavy atom. The van der Waals surface area contributed by atoms with Crippen molar-refractivity contribution >= 4 is 5.97 Å². The van der Waals surface area contributed by atoms with E-state index in [0.29, 0.717) is 13.0 Å². The van der Waals surface area contributed by atoms with Crippen molar-refractivity contribution in [1.29, 1.82) is 0 Å². The summed E-state index contributed by atoms with van der Waals surface area (Å²) in [7, 11) is 3.02. The quantitative estimate of drug-likeness (QED) is 0.540. The van der Waals surface area contributed by atoms with Gasteiger partial charge in [0.1, 0.15) is 11.5 Å². The van der Waals surface area contributed by atoms with Crippen LogP contribution in [0.15, 0.2) is 24.3 Å². The topological polar surface area (TPSA) is 44.8 Å². The first-order valence-corrected chi connectivity index (χ1v) is 5.60. The molecular weight excluding hydrogens is 220 g/mol. The predicted molar refractivity (Wildman–Crippen MR) is 64.4 cm³/mol. The number of hydrogen-bond donors (Lipinski definition) is 0. The van der Waals surface area contributed by atoms with Crippen LogP contribution in [0.5, 0.6) is 11.5 Å². The van der Waals surface area contributed by atoms with E-state index in [1.54, 1.807) is 7.11 Å². The number of carbonyl (C=O) groups is 1. The molecule has 0 saturated carbocycles. The van der Waals surface area contributed by atoms with Crippen molar-refractivity contribution in [2.24, 2.45) is 0 Å². The van der Waals surface area contributed by atoms with Gasteiger partial charge in [0, 0.05) is 12.5 Å². The Labute approximate surface area is 101 Å². The minimum Gasteiger partial charge on any atom is -0.497 e. The van der Waals surface area contributed by atoms with E-state index in [0.717, 1.165) is 24.3 Å². The van der Waals surface area contributed by atoms with Gasteiger partial charge in [0.15, 0.2) is 0 Å². The molecule has 0 aliphatic heterocycles. The Morgan fingerprint density at radius 3 is 2.65 bits per heavy atom. The first-order valence-electron chi connectivity index (χ1n) is 5.60. The largest absolute Gasteiger partial charge is 0.497 e. The van der Waals surface area contributed by atoms with Gasteiger partial charge < -0.3 is 14.2 Å². The number of unbranched alkanes of at least 4 members (excludes halogenated alkanes) is 1. The number of esters is 1. The molecule has 4 heteroatoms. The van der Waals surface area contributed by atoms with Gasteiger partial charge in [-0.05, 0) is 25.0 Å². The summed E-state index contributed by atoms with van der Waals surface area (Å²) in [6.07, 6.45) is 2.04. The lowest BCUT2D eigenvalue weighted by Gasteiger charge is -2.07. The second-order valence-corrected chi connectivity index (χ2v) is 3.56. The fraction of sp³-hybridized carbons (Fsp3) is 0.462. The third-order valence-corrected chi connectivity index (χ3v) is 2.31. The molecule has 0 radical (unpaired) electrons. The molecule has 0 bridgehead atoms. The van der Waals surface area contributed by atoms with Crippen molar-refractivity contribution in [3.8, 4) is 11.5 Å². The van der Waals surface area contributed by atoms with Crippen LogP contribution in [0.4, 0.5) is 0 Å². The molecule has 0 aliphatic rings. The smallest absolute Gasteiger partial charge is 0.305 e. The van der Waals surface area contributed by atoms with Gasteiger partial charge in [-0.15, -0.1) is 0 Å². The molecule has 0 saturated heterocycles. The zero-order valence-electron chi connectivity index (χ0n) is 10.3. The van der Waals surface area contributed by atoms with Crippen LogP contribution in [0.1, 0.15) is 19.3 Å². The molecule has 1 aromatic rings. The summed E-state index contributed by atoms with van der Waals surface area (Å²) in [4.78, 5) is 10.8. The molecule has 4 nitrogen and oxygen atoms in total. The van der Waals surface area contributed by atoms with Gasteiger partial charge in [0.05, 0.1) is 20.8 Å². The van der Waals surface area contributed by atoms with E-state index in [-0.39, 0.29) is 5.97 Å². The second kappa shape index (κ2) is 7.54. The summed E-state index contributed by atoms with van der Waals surface area (Å²) in [6.45, 7) is 0.587. The van der Waals surface area contributed by atoms with Crippen molar-refractivity contribution in [2.75, 3.05) is 20.8 Å². The molecule has 0 heterocycles. The molecule has 0 fully saturated rings. The molecule has 0 atom stereocenters. The lowest BCUT2D eigenvalue weighted by Crippen LogP contribution is -2.02. The lowest BCUT2D eigenvalue weighted by atomic mass is 10.2. The third-order valence-electron chi connectivity index (χ3n) is 2.31. The monoisotopic (exact) mass is 238 g/mol. The van der Waals surface area contributed by atoms with E-state index < -0.39 is 0 Å². The van der Waals surface area contributed by atoms with Gasteiger partial charge in [-0.25, -0.2) is 0 Å². The Hall–Kier alpha value is -1.71. The fourth-order valence-electron chi connectivity index (χ4n) is 1.35. The van der Waals surface area contributed by atoms with E-state index in [9.17, 15) is 4.79 Å². The van der Waals surface area contributed by atoms with E-state index in [2.05, 4.69) is 4.74 Å². The van der Waals surface area contributed by atoms with Crippen LogP contribution in [0, 0.1) is 0 Å². The summed E-state index contributed by atoms with van der Waals surface area (Å²) in [5.41, 5.74) is 0. The second-order valence-electron chi connectivity index (χ2n) is 3.56.